The van der Waals surface area contributed by atoms with Crippen LogP contribution >= 0.6 is 0 Å². The summed E-state index contributed by atoms with van der Waals surface area (Å²) < 4.78 is 15.3. The lowest BCUT2D eigenvalue weighted by molar-refractivity contribution is -0.132. The zero-order valence-corrected chi connectivity index (χ0v) is 11.3. The molecule has 4 heteroatoms. The van der Waals surface area contributed by atoms with Gasteiger partial charge in [-0.1, -0.05) is 6.92 Å². The fourth-order valence-electron chi connectivity index (χ4n) is 1.84. The van der Waals surface area contributed by atoms with Crippen molar-refractivity contribution >= 4 is 5.78 Å². The molecule has 0 fully saturated rings. The minimum Gasteiger partial charge on any atom is -0.497 e. The Hall–Kier alpha value is -1.39. The lowest BCUT2D eigenvalue weighted by atomic mass is 9.99. The van der Waals surface area contributed by atoms with E-state index in [0.29, 0.717) is 12.0 Å². The largest absolute Gasteiger partial charge is 0.497 e. The third-order valence-electron chi connectivity index (χ3n) is 2.85. The molecule has 0 spiro atoms. The van der Waals surface area contributed by atoms with Crippen molar-refractivity contribution < 1.29 is 19.0 Å². The van der Waals surface area contributed by atoms with Crippen molar-refractivity contribution in [1.29, 1.82) is 0 Å². The van der Waals surface area contributed by atoms with Gasteiger partial charge in [0.15, 0.2) is 12.1 Å². The van der Waals surface area contributed by atoms with E-state index < -0.39 is 0 Å². The van der Waals surface area contributed by atoms with Gasteiger partial charge in [-0.25, -0.2) is 0 Å². The van der Waals surface area contributed by atoms with Crippen LogP contribution in [0, 0.1) is 5.92 Å². The first-order chi connectivity index (χ1) is 8.62. The SMILES string of the molecule is COc1ccc(C(=O)CC(C)C(OC)OC)cc1. The fourth-order valence-corrected chi connectivity index (χ4v) is 1.84. The van der Waals surface area contributed by atoms with Crippen molar-refractivity contribution in [1.82, 2.24) is 0 Å². The highest BCUT2D eigenvalue weighted by Crippen LogP contribution is 2.18. The number of Topliss-reactive ketones (excluding diaryl/α,β-unsaturated/α-hetero) is 1. The second-order valence-corrected chi connectivity index (χ2v) is 4.17. The maximum Gasteiger partial charge on any atom is 0.163 e. The number of methoxy groups -OCH3 is 3. The van der Waals surface area contributed by atoms with E-state index in [-0.39, 0.29) is 18.0 Å². The molecule has 0 aliphatic rings. The molecule has 0 N–H and O–H groups in total. The molecule has 0 amide bonds. The molecule has 0 heterocycles. The molecule has 0 saturated heterocycles. The van der Waals surface area contributed by atoms with E-state index in [4.69, 9.17) is 14.2 Å². The molecule has 4 nitrogen and oxygen atoms in total. The van der Waals surface area contributed by atoms with E-state index >= 15 is 0 Å². The van der Waals surface area contributed by atoms with Gasteiger partial charge in [0.25, 0.3) is 0 Å². The Morgan fingerprint density at radius 3 is 2.11 bits per heavy atom. The van der Waals surface area contributed by atoms with Gasteiger partial charge in [0.1, 0.15) is 5.75 Å². The van der Waals surface area contributed by atoms with Gasteiger partial charge in [0.05, 0.1) is 7.11 Å². The predicted molar refractivity (Wildman–Crippen MR) is 68.9 cm³/mol. The van der Waals surface area contributed by atoms with Crippen LogP contribution in [0.1, 0.15) is 23.7 Å². The number of carbonyl (C=O) groups excluding carboxylic acids is 1. The molecule has 100 valence electrons. The highest BCUT2D eigenvalue weighted by atomic mass is 16.7. The van der Waals surface area contributed by atoms with Gasteiger partial charge in [-0.05, 0) is 24.3 Å². The van der Waals surface area contributed by atoms with Gasteiger partial charge >= 0.3 is 0 Å². The Kier molecular flexibility index (Phi) is 5.82. The number of hydrogen-bond donors (Lipinski definition) is 0. The number of rotatable bonds is 7. The Morgan fingerprint density at radius 1 is 1.11 bits per heavy atom. The maximum absolute atomic E-state index is 12.0. The van der Waals surface area contributed by atoms with Crippen LogP contribution in [0.3, 0.4) is 0 Å². The van der Waals surface area contributed by atoms with Crippen molar-refractivity contribution in [2.24, 2.45) is 5.92 Å². The molecule has 1 aromatic carbocycles. The molecule has 0 aromatic heterocycles. The summed E-state index contributed by atoms with van der Waals surface area (Å²) >= 11 is 0. The molecular weight excluding hydrogens is 232 g/mol. The third-order valence-corrected chi connectivity index (χ3v) is 2.85. The summed E-state index contributed by atoms with van der Waals surface area (Å²) in [7, 11) is 4.74. The molecule has 1 unspecified atom stereocenters. The molecule has 18 heavy (non-hydrogen) atoms. The summed E-state index contributed by atoms with van der Waals surface area (Å²) in [5, 5.41) is 0. The molecule has 0 aliphatic heterocycles. The summed E-state index contributed by atoms with van der Waals surface area (Å²) in [5.74, 6) is 0.824. The standard InChI is InChI=1S/C14H20O4/c1-10(14(17-3)18-4)9-13(15)11-5-7-12(16-2)8-6-11/h5-8,10,14H,9H2,1-4H3. The molecule has 0 aliphatic carbocycles. The summed E-state index contributed by atoms with van der Waals surface area (Å²) in [6, 6.07) is 7.09. The molecule has 0 saturated carbocycles. The smallest absolute Gasteiger partial charge is 0.163 e. The number of ether oxygens (including phenoxy) is 3. The Morgan fingerprint density at radius 2 is 1.67 bits per heavy atom. The van der Waals surface area contributed by atoms with Gasteiger partial charge in [-0.2, -0.15) is 0 Å². The lowest BCUT2D eigenvalue weighted by Crippen LogP contribution is -2.24. The van der Waals surface area contributed by atoms with E-state index in [1.807, 2.05) is 6.92 Å². The minimum absolute atomic E-state index is 0.00889. The number of benzene rings is 1. The van der Waals surface area contributed by atoms with Crippen LogP contribution in [0.25, 0.3) is 0 Å². The third kappa shape index (κ3) is 3.82. The van der Waals surface area contributed by atoms with Crippen molar-refractivity contribution in [2.45, 2.75) is 19.6 Å². The van der Waals surface area contributed by atoms with Crippen LogP contribution in [0.5, 0.6) is 5.75 Å². The average Bonchev–Trinajstić information content (AvgIpc) is 2.40. The first-order valence-corrected chi connectivity index (χ1v) is 5.85. The lowest BCUT2D eigenvalue weighted by Gasteiger charge is -2.20. The second kappa shape index (κ2) is 7.13. The zero-order chi connectivity index (χ0) is 13.5. The normalized spacial score (nSPS) is 12.5. The van der Waals surface area contributed by atoms with E-state index in [1.54, 1.807) is 45.6 Å². The van der Waals surface area contributed by atoms with E-state index in [9.17, 15) is 4.79 Å². The fraction of sp³-hybridized carbons (Fsp3) is 0.500. The molecule has 0 bridgehead atoms. The Bertz CT molecular complexity index is 368. The Balaban J connectivity index is 2.64. The summed E-state index contributed by atoms with van der Waals surface area (Å²) in [6.07, 6.45) is 0.0331. The van der Waals surface area contributed by atoms with Crippen molar-refractivity contribution in [3.8, 4) is 5.75 Å². The van der Waals surface area contributed by atoms with Crippen LogP contribution in [-0.4, -0.2) is 33.4 Å². The number of carbonyl (C=O) groups is 1. The monoisotopic (exact) mass is 252 g/mol. The van der Waals surface area contributed by atoms with E-state index in [2.05, 4.69) is 0 Å². The van der Waals surface area contributed by atoms with Gasteiger partial charge in [0.2, 0.25) is 0 Å². The van der Waals surface area contributed by atoms with Gasteiger partial charge in [0, 0.05) is 32.1 Å². The van der Waals surface area contributed by atoms with Gasteiger partial charge in [-0.3, -0.25) is 4.79 Å². The molecule has 1 rings (SSSR count). The summed E-state index contributed by atoms with van der Waals surface area (Å²) in [6.45, 7) is 1.93. The first kappa shape index (κ1) is 14.7. The van der Waals surface area contributed by atoms with Crippen molar-refractivity contribution in [2.75, 3.05) is 21.3 Å². The Labute approximate surface area is 108 Å². The molecule has 1 aromatic rings. The quantitative estimate of drug-likeness (QED) is 0.552. The van der Waals surface area contributed by atoms with Gasteiger partial charge in [-0.15, -0.1) is 0 Å². The molecule has 0 radical (unpaired) electrons. The second-order valence-electron chi connectivity index (χ2n) is 4.17. The maximum atomic E-state index is 12.0. The van der Waals surface area contributed by atoms with E-state index in [0.717, 1.165) is 5.75 Å². The van der Waals surface area contributed by atoms with Gasteiger partial charge < -0.3 is 14.2 Å². The van der Waals surface area contributed by atoms with Crippen LogP contribution in [-0.2, 0) is 9.47 Å². The van der Waals surface area contributed by atoms with Crippen molar-refractivity contribution in [3.05, 3.63) is 29.8 Å². The highest BCUT2D eigenvalue weighted by Gasteiger charge is 2.20. The van der Waals surface area contributed by atoms with Crippen LogP contribution in [0.15, 0.2) is 24.3 Å². The minimum atomic E-state index is -0.354. The predicted octanol–water partition coefficient (Wildman–Crippen LogP) is 2.52. The molecule has 1 atom stereocenters. The van der Waals surface area contributed by atoms with Crippen molar-refractivity contribution in [3.63, 3.8) is 0 Å². The average molecular weight is 252 g/mol. The number of hydrogen-bond acceptors (Lipinski definition) is 4. The highest BCUT2D eigenvalue weighted by molar-refractivity contribution is 5.96. The zero-order valence-electron chi connectivity index (χ0n) is 11.3. The van der Waals surface area contributed by atoms with Crippen LogP contribution in [0.2, 0.25) is 0 Å². The molecular formula is C14H20O4. The summed E-state index contributed by atoms with van der Waals surface area (Å²) in [4.78, 5) is 12.0. The number of ketones is 1. The topological polar surface area (TPSA) is 44.8 Å². The van der Waals surface area contributed by atoms with E-state index in [1.165, 1.54) is 0 Å². The summed E-state index contributed by atoms with van der Waals surface area (Å²) in [5.41, 5.74) is 0.675. The van der Waals surface area contributed by atoms with Crippen LogP contribution < -0.4 is 4.74 Å². The van der Waals surface area contributed by atoms with Crippen LogP contribution in [0.4, 0.5) is 0 Å². The first-order valence-electron chi connectivity index (χ1n) is 5.85.